The van der Waals surface area contributed by atoms with Crippen molar-refractivity contribution in [3.63, 3.8) is 0 Å². The number of anilines is 1. The van der Waals surface area contributed by atoms with Crippen molar-refractivity contribution in [3.05, 3.63) is 75.0 Å². The second-order valence-electron chi connectivity index (χ2n) is 7.19. The molecule has 0 fully saturated rings. The van der Waals surface area contributed by atoms with E-state index in [1.165, 1.54) is 22.9 Å². The first kappa shape index (κ1) is 21.9. The second-order valence-corrected chi connectivity index (χ2v) is 8.00. The van der Waals surface area contributed by atoms with E-state index in [1.54, 1.807) is 29.8 Å². The molecule has 0 aliphatic heterocycles. The molecule has 0 unspecified atom stereocenters. The van der Waals surface area contributed by atoms with Crippen molar-refractivity contribution in [2.45, 2.75) is 27.2 Å². The van der Waals surface area contributed by atoms with Crippen LogP contribution in [0.5, 0.6) is 0 Å². The first-order chi connectivity index (χ1) is 15.2. The molecule has 0 radical (unpaired) electrons. The summed E-state index contributed by atoms with van der Waals surface area (Å²) in [6.45, 7) is 5.36. The maximum atomic E-state index is 14.3. The monoisotopic (exact) mass is 473 g/mol. The van der Waals surface area contributed by atoms with Crippen LogP contribution in [0.15, 0.2) is 36.4 Å². The van der Waals surface area contributed by atoms with Gasteiger partial charge in [-0.1, -0.05) is 23.2 Å². The molecule has 0 atom stereocenters. The average Bonchev–Trinajstić information content (AvgIpc) is 3.29. The Morgan fingerprint density at radius 1 is 1.06 bits per heavy atom. The van der Waals surface area contributed by atoms with Crippen molar-refractivity contribution < 1.29 is 9.18 Å². The number of nitrogens with zero attached hydrogens (tertiary/aromatic N) is 6. The number of hydrogen-bond acceptors (Lipinski definition) is 5. The minimum absolute atomic E-state index is 0.0929. The minimum atomic E-state index is -0.506. The molecule has 2 aromatic heterocycles. The molecule has 2 heterocycles. The van der Waals surface area contributed by atoms with Crippen LogP contribution in [-0.4, -0.2) is 35.9 Å². The number of carbonyl (C=O) groups is 1. The van der Waals surface area contributed by atoms with Crippen LogP contribution >= 0.6 is 23.2 Å². The van der Waals surface area contributed by atoms with Gasteiger partial charge in [-0.2, -0.15) is 9.78 Å². The summed E-state index contributed by atoms with van der Waals surface area (Å²) in [5, 5.41) is 19.3. The number of aryl methyl sites for hydroxylation is 2. The largest absolute Gasteiger partial charge is 0.326 e. The molecule has 0 bridgehead atoms. The molecule has 0 saturated heterocycles. The van der Waals surface area contributed by atoms with Gasteiger partial charge in [0.15, 0.2) is 5.82 Å². The van der Waals surface area contributed by atoms with E-state index in [0.29, 0.717) is 27.3 Å². The number of aromatic nitrogens is 6. The van der Waals surface area contributed by atoms with Crippen molar-refractivity contribution in [2.75, 3.05) is 5.32 Å². The van der Waals surface area contributed by atoms with Gasteiger partial charge in [0.25, 0.3) is 0 Å². The molecule has 4 aromatic rings. The highest BCUT2D eigenvalue weighted by molar-refractivity contribution is 6.42. The molecule has 0 saturated carbocycles. The molecule has 1 N–H and O–H groups in total. The lowest BCUT2D eigenvalue weighted by Gasteiger charge is -2.10. The number of nitrogens with one attached hydrogen (secondary N) is 1. The van der Waals surface area contributed by atoms with Crippen LogP contribution in [0.2, 0.25) is 10.0 Å². The summed E-state index contributed by atoms with van der Waals surface area (Å²) < 4.78 is 17.2. The summed E-state index contributed by atoms with van der Waals surface area (Å²) in [4.78, 5) is 12.8. The van der Waals surface area contributed by atoms with Gasteiger partial charge in [-0.05, 0) is 67.6 Å². The third-order valence-electron chi connectivity index (χ3n) is 5.01. The Hall–Kier alpha value is -3.30. The number of benzene rings is 2. The topological polar surface area (TPSA) is 90.5 Å². The Morgan fingerprint density at radius 3 is 2.53 bits per heavy atom. The highest BCUT2D eigenvalue weighted by atomic mass is 35.5. The van der Waals surface area contributed by atoms with Crippen molar-refractivity contribution >= 4 is 34.8 Å². The van der Waals surface area contributed by atoms with Crippen LogP contribution in [0.25, 0.3) is 11.4 Å². The SMILES string of the molecule is Cc1nn(-c2ccc(Cl)c(Cl)c2)c(C)c1CC(=O)Nc1ccc(F)c(-n2nnnc2C)c1. The summed E-state index contributed by atoms with van der Waals surface area (Å²) >= 11 is 12.1. The summed E-state index contributed by atoms with van der Waals surface area (Å²) in [6.07, 6.45) is 0.0929. The molecule has 4 rings (SSSR count). The van der Waals surface area contributed by atoms with Crippen molar-refractivity contribution in [2.24, 2.45) is 0 Å². The van der Waals surface area contributed by atoms with E-state index in [-0.39, 0.29) is 18.0 Å². The number of amides is 1. The van der Waals surface area contributed by atoms with Crippen LogP contribution < -0.4 is 5.32 Å². The zero-order valence-corrected chi connectivity index (χ0v) is 18.9. The fourth-order valence-electron chi connectivity index (χ4n) is 3.37. The van der Waals surface area contributed by atoms with Crippen LogP contribution in [-0.2, 0) is 11.2 Å². The van der Waals surface area contributed by atoms with Gasteiger partial charge in [0.1, 0.15) is 11.5 Å². The molecular formula is C21H18Cl2FN7O. The Kier molecular flexibility index (Phi) is 5.94. The Bertz CT molecular complexity index is 1330. The predicted molar refractivity (Wildman–Crippen MR) is 119 cm³/mol. The normalized spacial score (nSPS) is 11.1. The molecule has 2 aromatic carbocycles. The second kappa shape index (κ2) is 8.68. The number of hydrogen-bond donors (Lipinski definition) is 1. The molecule has 0 aliphatic carbocycles. The lowest BCUT2D eigenvalue weighted by molar-refractivity contribution is -0.115. The van der Waals surface area contributed by atoms with Crippen molar-refractivity contribution in [3.8, 4) is 11.4 Å². The van der Waals surface area contributed by atoms with E-state index < -0.39 is 5.82 Å². The summed E-state index contributed by atoms with van der Waals surface area (Å²) in [5.41, 5.74) is 3.62. The lowest BCUT2D eigenvalue weighted by atomic mass is 10.1. The first-order valence-corrected chi connectivity index (χ1v) is 10.4. The summed E-state index contributed by atoms with van der Waals surface area (Å²) in [7, 11) is 0. The highest BCUT2D eigenvalue weighted by Gasteiger charge is 2.18. The Labute approximate surface area is 193 Å². The molecule has 11 heteroatoms. The van der Waals surface area contributed by atoms with Gasteiger partial charge < -0.3 is 5.32 Å². The standard InChI is InChI=1S/C21H18Cl2FN7O/c1-11-16(12(2)30(27-11)15-5-6-17(22)18(23)9-15)10-21(32)25-14-4-7-19(24)20(8-14)31-13(3)26-28-29-31/h4-9H,10H2,1-3H3,(H,25,32). The molecule has 0 aliphatic rings. The zero-order chi connectivity index (χ0) is 23.0. The Morgan fingerprint density at radius 2 is 1.84 bits per heavy atom. The van der Waals surface area contributed by atoms with Gasteiger partial charge in [0, 0.05) is 16.9 Å². The van der Waals surface area contributed by atoms with Crippen LogP contribution in [0, 0.1) is 26.6 Å². The van der Waals surface area contributed by atoms with Gasteiger partial charge in [-0.3, -0.25) is 4.79 Å². The number of tetrazole rings is 1. The van der Waals surface area contributed by atoms with Gasteiger partial charge in [0.05, 0.1) is 27.8 Å². The number of carbonyl (C=O) groups excluding carboxylic acids is 1. The van der Waals surface area contributed by atoms with E-state index in [1.807, 2.05) is 13.8 Å². The number of halogens is 3. The molecule has 0 spiro atoms. The smallest absolute Gasteiger partial charge is 0.228 e. The molecule has 32 heavy (non-hydrogen) atoms. The fraction of sp³-hybridized carbons (Fsp3) is 0.190. The zero-order valence-electron chi connectivity index (χ0n) is 17.4. The van der Waals surface area contributed by atoms with Gasteiger partial charge >= 0.3 is 0 Å². The molecule has 8 nitrogen and oxygen atoms in total. The predicted octanol–water partition coefficient (Wildman–Crippen LogP) is 4.40. The van der Waals surface area contributed by atoms with Crippen LogP contribution in [0.4, 0.5) is 10.1 Å². The first-order valence-electron chi connectivity index (χ1n) is 9.60. The van der Waals surface area contributed by atoms with Gasteiger partial charge in [-0.15, -0.1) is 5.10 Å². The maximum absolute atomic E-state index is 14.3. The van der Waals surface area contributed by atoms with Crippen molar-refractivity contribution in [1.82, 2.24) is 30.0 Å². The average molecular weight is 474 g/mol. The fourth-order valence-corrected chi connectivity index (χ4v) is 3.66. The summed E-state index contributed by atoms with van der Waals surface area (Å²) in [6, 6.07) is 9.43. The van der Waals surface area contributed by atoms with E-state index in [9.17, 15) is 9.18 Å². The van der Waals surface area contributed by atoms with Crippen LogP contribution in [0.1, 0.15) is 22.8 Å². The van der Waals surface area contributed by atoms with Crippen molar-refractivity contribution in [1.29, 1.82) is 0 Å². The van der Waals surface area contributed by atoms with E-state index in [0.717, 1.165) is 16.9 Å². The highest BCUT2D eigenvalue weighted by Crippen LogP contribution is 2.26. The van der Waals surface area contributed by atoms with E-state index in [4.69, 9.17) is 23.2 Å². The molecule has 164 valence electrons. The molecule has 1 amide bonds. The van der Waals surface area contributed by atoms with E-state index in [2.05, 4.69) is 25.9 Å². The van der Waals surface area contributed by atoms with Crippen LogP contribution in [0.3, 0.4) is 0 Å². The minimum Gasteiger partial charge on any atom is -0.326 e. The third kappa shape index (κ3) is 4.21. The molecular weight excluding hydrogens is 456 g/mol. The third-order valence-corrected chi connectivity index (χ3v) is 5.75. The van der Waals surface area contributed by atoms with E-state index >= 15 is 0 Å². The number of rotatable bonds is 5. The van der Waals surface area contributed by atoms with Gasteiger partial charge in [0.2, 0.25) is 5.91 Å². The maximum Gasteiger partial charge on any atom is 0.228 e. The van der Waals surface area contributed by atoms with Gasteiger partial charge in [-0.25, -0.2) is 9.07 Å². The quantitative estimate of drug-likeness (QED) is 0.463. The summed E-state index contributed by atoms with van der Waals surface area (Å²) in [5.74, 6) is -0.350. The lowest BCUT2D eigenvalue weighted by Crippen LogP contribution is -2.16. The Balaban J connectivity index is 1.56.